The van der Waals surface area contributed by atoms with Gasteiger partial charge in [0.1, 0.15) is 0 Å². The maximum atomic E-state index is 6.18. The zero-order valence-electron chi connectivity index (χ0n) is 13.7. The Balaban J connectivity index is 1.80. The van der Waals surface area contributed by atoms with E-state index in [0.29, 0.717) is 5.41 Å². The van der Waals surface area contributed by atoms with E-state index in [1.54, 1.807) is 0 Å². The first-order valence-electron chi connectivity index (χ1n) is 8.71. The van der Waals surface area contributed by atoms with E-state index < -0.39 is 0 Å². The summed E-state index contributed by atoms with van der Waals surface area (Å²) >= 11 is 0. The van der Waals surface area contributed by atoms with Crippen LogP contribution in [-0.2, 0) is 0 Å². The number of likely N-dealkylation sites (tertiary alicyclic amines) is 1. The van der Waals surface area contributed by atoms with E-state index in [1.165, 1.54) is 77.5 Å². The summed E-state index contributed by atoms with van der Waals surface area (Å²) in [5.41, 5.74) is 6.62. The van der Waals surface area contributed by atoms with Gasteiger partial charge in [0, 0.05) is 13.1 Å². The number of nitrogens with two attached hydrogens (primary N) is 1. The van der Waals surface area contributed by atoms with Crippen molar-refractivity contribution >= 4 is 0 Å². The average Bonchev–Trinajstić information content (AvgIpc) is 2.67. The zero-order chi connectivity index (χ0) is 14.4. The highest BCUT2D eigenvalue weighted by molar-refractivity contribution is 4.87. The third kappa shape index (κ3) is 4.71. The molecule has 2 N–H and O–H groups in total. The SMILES string of the molecule is CN(C)CC1CCN(CC2(CN)CCCCCC2)CC1. The molecule has 0 atom stereocenters. The van der Waals surface area contributed by atoms with Crippen LogP contribution in [0, 0.1) is 11.3 Å². The van der Waals surface area contributed by atoms with Crippen LogP contribution in [0.2, 0.25) is 0 Å². The van der Waals surface area contributed by atoms with Crippen molar-refractivity contribution in [1.82, 2.24) is 9.80 Å². The van der Waals surface area contributed by atoms with Crippen molar-refractivity contribution in [3.8, 4) is 0 Å². The highest BCUT2D eigenvalue weighted by Crippen LogP contribution is 2.35. The fourth-order valence-corrected chi connectivity index (χ4v) is 4.22. The summed E-state index contributed by atoms with van der Waals surface area (Å²) in [7, 11) is 4.39. The van der Waals surface area contributed by atoms with Gasteiger partial charge in [-0.05, 0) is 70.7 Å². The summed E-state index contributed by atoms with van der Waals surface area (Å²) in [6, 6.07) is 0. The molecule has 0 aromatic rings. The van der Waals surface area contributed by atoms with Gasteiger partial charge in [0.2, 0.25) is 0 Å². The second-order valence-electron chi connectivity index (χ2n) is 7.60. The van der Waals surface area contributed by atoms with Gasteiger partial charge in [-0.3, -0.25) is 0 Å². The van der Waals surface area contributed by atoms with E-state index in [0.717, 1.165) is 12.5 Å². The van der Waals surface area contributed by atoms with Crippen molar-refractivity contribution in [1.29, 1.82) is 0 Å². The topological polar surface area (TPSA) is 32.5 Å². The van der Waals surface area contributed by atoms with Crippen LogP contribution < -0.4 is 5.73 Å². The summed E-state index contributed by atoms with van der Waals surface area (Å²) in [5, 5.41) is 0. The van der Waals surface area contributed by atoms with Crippen molar-refractivity contribution in [2.45, 2.75) is 51.4 Å². The molecule has 1 aliphatic heterocycles. The molecule has 0 aromatic carbocycles. The van der Waals surface area contributed by atoms with Crippen molar-refractivity contribution < 1.29 is 0 Å². The zero-order valence-corrected chi connectivity index (χ0v) is 13.7. The second kappa shape index (κ2) is 7.77. The Morgan fingerprint density at radius 2 is 1.65 bits per heavy atom. The molecule has 0 radical (unpaired) electrons. The molecule has 1 aliphatic carbocycles. The van der Waals surface area contributed by atoms with Crippen molar-refractivity contribution in [3.05, 3.63) is 0 Å². The largest absolute Gasteiger partial charge is 0.330 e. The van der Waals surface area contributed by atoms with Gasteiger partial charge in [0.25, 0.3) is 0 Å². The molecule has 118 valence electrons. The van der Waals surface area contributed by atoms with E-state index >= 15 is 0 Å². The maximum absolute atomic E-state index is 6.18. The molecule has 2 aliphatic rings. The number of rotatable bonds is 5. The number of piperidine rings is 1. The Morgan fingerprint density at radius 1 is 1.05 bits per heavy atom. The normalized spacial score (nSPS) is 25.8. The first kappa shape index (κ1) is 16.3. The lowest BCUT2D eigenvalue weighted by atomic mass is 9.79. The molecule has 0 spiro atoms. The fourth-order valence-electron chi connectivity index (χ4n) is 4.22. The molecule has 3 heteroatoms. The van der Waals surface area contributed by atoms with Gasteiger partial charge in [-0.25, -0.2) is 0 Å². The lowest BCUT2D eigenvalue weighted by Gasteiger charge is -2.40. The van der Waals surface area contributed by atoms with E-state index in [1.807, 2.05) is 0 Å². The molecule has 1 saturated carbocycles. The van der Waals surface area contributed by atoms with Gasteiger partial charge < -0.3 is 15.5 Å². The van der Waals surface area contributed by atoms with Gasteiger partial charge in [-0.2, -0.15) is 0 Å². The minimum absolute atomic E-state index is 0.435. The maximum Gasteiger partial charge on any atom is 0.00501 e. The van der Waals surface area contributed by atoms with Crippen LogP contribution in [-0.4, -0.2) is 56.6 Å². The summed E-state index contributed by atoms with van der Waals surface area (Å²) in [5.74, 6) is 0.907. The van der Waals surface area contributed by atoms with Crippen LogP contribution in [0.5, 0.6) is 0 Å². The van der Waals surface area contributed by atoms with Crippen molar-refractivity contribution in [2.24, 2.45) is 17.1 Å². The second-order valence-corrected chi connectivity index (χ2v) is 7.60. The Hall–Kier alpha value is -0.120. The molecule has 0 bridgehead atoms. The number of hydrogen-bond acceptors (Lipinski definition) is 3. The summed E-state index contributed by atoms with van der Waals surface area (Å²) < 4.78 is 0. The lowest BCUT2D eigenvalue weighted by molar-refractivity contribution is 0.0946. The van der Waals surface area contributed by atoms with Crippen LogP contribution >= 0.6 is 0 Å². The van der Waals surface area contributed by atoms with Gasteiger partial charge >= 0.3 is 0 Å². The molecular weight excluding hydrogens is 246 g/mol. The Kier molecular flexibility index (Phi) is 6.31. The van der Waals surface area contributed by atoms with E-state index in [4.69, 9.17) is 5.73 Å². The Labute approximate surface area is 125 Å². The van der Waals surface area contributed by atoms with Gasteiger partial charge in [0.15, 0.2) is 0 Å². The quantitative estimate of drug-likeness (QED) is 0.786. The van der Waals surface area contributed by atoms with Crippen molar-refractivity contribution in [2.75, 3.05) is 46.8 Å². The standard InChI is InChI=1S/C17H35N3/c1-19(2)13-16-7-11-20(12-8-16)15-17(14-18)9-5-3-4-6-10-17/h16H,3-15,18H2,1-2H3. The van der Waals surface area contributed by atoms with Gasteiger partial charge in [-0.1, -0.05) is 25.7 Å². The molecule has 20 heavy (non-hydrogen) atoms. The van der Waals surface area contributed by atoms with Crippen LogP contribution in [0.25, 0.3) is 0 Å². The highest BCUT2D eigenvalue weighted by atomic mass is 15.1. The minimum atomic E-state index is 0.435. The van der Waals surface area contributed by atoms with Gasteiger partial charge in [-0.15, -0.1) is 0 Å². The van der Waals surface area contributed by atoms with Crippen LogP contribution in [0.4, 0.5) is 0 Å². The summed E-state index contributed by atoms with van der Waals surface area (Å²) in [6.45, 7) is 6.00. The third-order valence-electron chi connectivity index (χ3n) is 5.49. The molecule has 0 unspecified atom stereocenters. The molecule has 0 amide bonds. The molecule has 2 rings (SSSR count). The first-order valence-corrected chi connectivity index (χ1v) is 8.71. The highest BCUT2D eigenvalue weighted by Gasteiger charge is 2.32. The number of hydrogen-bond donors (Lipinski definition) is 1. The first-order chi connectivity index (χ1) is 9.63. The Bertz CT molecular complexity index is 261. The van der Waals surface area contributed by atoms with Crippen LogP contribution in [0.15, 0.2) is 0 Å². The minimum Gasteiger partial charge on any atom is -0.330 e. The summed E-state index contributed by atoms with van der Waals surface area (Å²) in [4.78, 5) is 5.05. The molecule has 1 heterocycles. The fraction of sp³-hybridized carbons (Fsp3) is 1.00. The molecule has 2 fully saturated rings. The Morgan fingerprint density at radius 3 is 2.15 bits per heavy atom. The average molecular weight is 281 g/mol. The molecule has 0 aromatic heterocycles. The molecular formula is C17H35N3. The number of nitrogens with zero attached hydrogens (tertiary/aromatic N) is 2. The predicted octanol–water partition coefficient (Wildman–Crippen LogP) is 2.56. The van der Waals surface area contributed by atoms with E-state index in [9.17, 15) is 0 Å². The van der Waals surface area contributed by atoms with Crippen molar-refractivity contribution in [3.63, 3.8) is 0 Å². The van der Waals surface area contributed by atoms with Crippen LogP contribution in [0.3, 0.4) is 0 Å². The van der Waals surface area contributed by atoms with Crippen LogP contribution in [0.1, 0.15) is 51.4 Å². The monoisotopic (exact) mass is 281 g/mol. The molecule has 1 saturated heterocycles. The lowest BCUT2D eigenvalue weighted by Crippen LogP contribution is -2.46. The van der Waals surface area contributed by atoms with E-state index in [2.05, 4.69) is 23.9 Å². The summed E-state index contributed by atoms with van der Waals surface area (Å²) in [6.07, 6.45) is 11.1. The smallest absolute Gasteiger partial charge is 0.00501 e. The van der Waals surface area contributed by atoms with Gasteiger partial charge in [0.05, 0.1) is 0 Å². The molecule has 3 nitrogen and oxygen atoms in total. The van der Waals surface area contributed by atoms with E-state index in [-0.39, 0.29) is 0 Å². The predicted molar refractivity (Wildman–Crippen MR) is 86.9 cm³/mol. The third-order valence-corrected chi connectivity index (χ3v) is 5.49.